The van der Waals surface area contributed by atoms with Gasteiger partial charge in [0.05, 0.1) is 0 Å². The van der Waals surface area contributed by atoms with Gasteiger partial charge in [0, 0.05) is 0 Å². The van der Waals surface area contributed by atoms with E-state index in [1.54, 1.807) is 0 Å². The molecule has 0 bridgehead atoms. The Morgan fingerprint density at radius 2 is 1.00 bits per heavy atom. The monoisotopic (exact) mass is 308 g/mol. The molecule has 0 atom stereocenters. The molecule has 0 aromatic carbocycles. The summed E-state index contributed by atoms with van der Waals surface area (Å²) in [5, 5.41) is 7.94. The van der Waals surface area contributed by atoms with Gasteiger partial charge in [0.2, 0.25) is 0 Å². The quantitative estimate of drug-likeness (QED) is 0.694. The third-order valence-electron chi connectivity index (χ3n) is 1.19. The minimum absolute atomic E-state index is 0.189. The van der Waals surface area contributed by atoms with E-state index >= 15 is 0 Å². The van der Waals surface area contributed by atoms with E-state index in [4.69, 9.17) is 0 Å². The van der Waals surface area contributed by atoms with E-state index in [-0.39, 0.29) is 5.54 Å². The smallest absolute Gasteiger partial charge is 0.0844 e. The Balaban J connectivity index is -0.000000160. The molecule has 0 aliphatic carbocycles. The number of rotatable bonds is 4. The van der Waals surface area contributed by atoms with Gasteiger partial charge in [-0.1, -0.05) is 27.7 Å². The summed E-state index contributed by atoms with van der Waals surface area (Å²) < 4.78 is 4.07. The van der Waals surface area contributed by atoms with Crippen molar-refractivity contribution < 1.29 is 20.9 Å². The van der Waals surface area contributed by atoms with Crippen LogP contribution in [0, 0.1) is 0 Å². The molecule has 0 heterocycles. The maximum absolute atomic E-state index is 4.07. The second-order valence-electron chi connectivity index (χ2n) is 3.98. The molecule has 0 saturated carbocycles. The molecule has 0 amide bonds. The molecular weight excluding hydrogens is 279 g/mol. The van der Waals surface area contributed by atoms with Crippen LogP contribution in [0.1, 0.15) is 48.5 Å². The van der Waals surface area contributed by atoms with Gasteiger partial charge in [-0.15, -0.1) is 0 Å². The Kier molecular flexibility index (Phi) is 24.2. The second-order valence-corrected chi connectivity index (χ2v) is 4.47. The fourth-order valence-corrected chi connectivity index (χ4v) is 0.447. The van der Waals surface area contributed by atoms with Crippen LogP contribution in [-0.2, 0) is 20.9 Å². The standard InChI is InChI=1S/C4H9N.2C4H10N.Nb/c1-4(2,3)5;2*1-3-5-4-2;/h1-3H3;2*3-4H2,1-2H3;/q;2*-1;. The predicted octanol–water partition coefficient (Wildman–Crippen LogP) is 4.32. The van der Waals surface area contributed by atoms with Crippen LogP contribution in [0.25, 0.3) is 10.6 Å². The molecular formula is C12H29N3Nb-2. The minimum atomic E-state index is 0.189. The zero-order chi connectivity index (χ0) is 13.4. The van der Waals surface area contributed by atoms with Crippen LogP contribution in [0.3, 0.4) is 0 Å². The average molecular weight is 308 g/mol. The van der Waals surface area contributed by atoms with Crippen LogP contribution < -0.4 is 0 Å². The Hall–Kier alpha value is 0.460. The SMILES string of the molecule is CC(C)(C)[N]=[Nb].CC[N-]CC.CC[N-]CC. The molecule has 0 aromatic heterocycles. The Labute approximate surface area is 115 Å². The Morgan fingerprint density at radius 3 is 1.00 bits per heavy atom. The first-order chi connectivity index (χ1) is 7.39. The molecule has 0 radical (unpaired) electrons. The maximum Gasteiger partial charge on any atom is -0.0844 e. The fraction of sp³-hybridized carbons (Fsp3) is 1.00. The fourth-order valence-electron chi connectivity index (χ4n) is 0.447. The predicted molar refractivity (Wildman–Crippen MR) is 71.1 cm³/mol. The summed E-state index contributed by atoms with van der Waals surface area (Å²) in [4.78, 5) is 0. The molecule has 0 aromatic rings. The van der Waals surface area contributed by atoms with E-state index in [9.17, 15) is 0 Å². The van der Waals surface area contributed by atoms with Crippen molar-refractivity contribution in [1.82, 2.24) is 0 Å². The molecule has 0 fully saturated rings. The summed E-state index contributed by atoms with van der Waals surface area (Å²) in [5.74, 6) is 0. The molecule has 0 aliphatic rings. The van der Waals surface area contributed by atoms with Gasteiger partial charge in [-0.05, 0) is 0 Å². The first-order valence-corrected chi connectivity index (χ1v) is 7.00. The molecule has 0 spiro atoms. The van der Waals surface area contributed by atoms with Gasteiger partial charge in [0.1, 0.15) is 0 Å². The van der Waals surface area contributed by atoms with E-state index in [1.165, 1.54) is 20.9 Å². The van der Waals surface area contributed by atoms with Crippen LogP contribution in [0.5, 0.6) is 0 Å². The van der Waals surface area contributed by atoms with Crippen molar-refractivity contribution >= 4 is 0 Å². The summed E-state index contributed by atoms with van der Waals surface area (Å²) in [7, 11) is 0. The summed E-state index contributed by atoms with van der Waals surface area (Å²) in [6.07, 6.45) is 0. The zero-order valence-electron chi connectivity index (χ0n) is 12.1. The number of hydrogen-bond donors (Lipinski definition) is 0. The van der Waals surface area contributed by atoms with Crippen molar-refractivity contribution in [3.63, 3.8) is 0 Å². The third-order valence-corrected chi connectivity index (χ3v) is 2.67. The van der Waals surface area contributed by atoms with Crippen LogP contribution in [-0.4, -0.2) is 31.7 Å². The number of hydrogen-bond acceptors (Lipinski definition) is 1. The van der Waals surface area contributed by atoms with E-state index in [0.717, 1.165) is 26.2 Å². The molecule has 16 heavy (non-hydrogen) atoms. The van der Waals surface area contributed by atoms with Crippen molar-refractivity contribution in [2.45, 2.75) is 54.0 Å². The minimum Gasteiger partial charge on any atom is -0.663 e. The van der Waals surface area contributed by atoms with Crippen molar-refractivity contribution in [3.8, 4) is 0 Å². The third kappa shape index (κ3) is 47.1. The van der Waals surface area contributed by atoms with Crippen LogP contribution in [0.2, 0.25) is 0 Å². The van der Waals surface area contributed by atoms with Crippen LogP contribution >= 0.6 is 0 Å². The van der Waals surface area contributed by atoms with Gasteiger partial charge in [0.25, 0.3) is 0 Å². The molecule has 0 aliphatic heterocycles. The van der Waals surface area contributed by atoms with E-state index in [1.807, 2.05) is 27.7 Å². The van der Waals surface area contributed by atoms with Gasteiger partial charge in [-0.25, -0.2) is 0 Å². The molecule has 0 rings (SSSR count). The summed E-state index contributed by atoms with van der Waals surface area (Å²) in [6.45, 7) is 18.3. The first kappa shape index (κ1) is 21.7. The van der Waals surface area contributed by atoms with Gasteiger partial charge in [-0.2, -0.15) is 26.2 Å². The van der Waals surface area contributed by atoms with Crippen molar-refractivity contribution in [2.75, 3.05) is 26.2 Å². The topological polar surface area (TPSA) is 40.6 Å². The first-order valence-electron chi connectivity index (χ1n) is 6.02. The van der Waals surface area contributed by atoms with Gasteiger partial charge < -0.3 is 10.6 Å². The Bertz CT molecular complexity index is 112. The largest absolute Gasteiger partial charge is 0.663 e. The van der Waals surface area contributed by atoms with E-state index in [2.05, 4.69) is 34.7 Å². The zero-order valence-corrected chi connectivity index (χ0v) is 14.3. The van der Waals surface area contributed by atoms with Crippen molar-refractivity contribution in [1.29, 1.82) is 0 Å². The maximum atomic E-state index is 4.07. The second kappa shape index (κ2) is 17.8. The normalized spacial score (nSPS) is 9.38. The molecule has 0 N–H and O–H groups in total. The van der Waals surface area contributed by atoms with Crippen molar-refractivity contribution in [2.24, 2.45) is 3.34 Å². The van der Waals surface area contributed by atoms with Crippen LogP contribution in [0.15, 0.2) is 3.34 Å². The van der Waals surface area contributed by atoms with E-state index < -0.39 is 0 Å². The van der Waals surface area contributed by atoms with Crippen molar-refractivity contribution in [3.05, 3.63) is 10.6 Å². The summed E-state index contributed by atoms with van der Waals surface area (Å²) in [6, 6.07) is 0. The summed E-state index contributed by atoms with van der Waals surface area (Å²) >= 11 is 1.52. The Morgan fingerprint density at radius 1 is 0.812 bits per heavy atom. The van der Waals surface area contributed by atoms with Gasteiger partial charge in [-0.3, -0.25) is 0 Å². The molecule has 0 saturated heterocycles. The van der Waals surface area contributed by atoms with E-state index in [0.29, 0.717) is 0 Å². The molecule has 99 valence electrons. The van der Waals surface area contributed by atoms with Gasteiger partial charge in [0.15, 0.2) is 0 Å². The summed E-state index contributed by atoms with van der Waals surface area (Å²) in [5.41, 5.74) is 0.189. The average Bonchev–Trinajstić information content (AvgIpc) is 2.21. The number of nitrogens with zero attached hydrogens (tertiary/aromatic N) is 3. The van der Waals surface area contributed by atoms with Gasteiger partial charge >= 0.3 is 50.5 Å². The molecule has 4 heteroatoms. The molecule has 0 unspecified atom stereocenters. The molecule has 3 nitrogen and oxygen atoms in total. The van der Waals surface area contributed by atoms with Crippen LogP contribution in [0.4, 0.5) is 0 Å².